The lowest BCUT2D eigenvalue weighted by Gasteiger charge is -2.20. The van der Waals surface area contributed by atoms with Crippen LogP contribution in [0, 0.1) is 0 Å². The third-order valence-corrected chi connectivity index (χ3v) is 2.59. The molecule has 0 aliphatic rings. The van der Waals surface area contributed by atoms with Gasteiger partial charge in [-0.2, -0.15) is 5.10 Å². The van der Waals surface area contributed by atoms with Gasteiger partial charge in [0.1, 0.15) is 12.2 Å². The highest BCUT2D eigenvalue weighted by Crippen LogP contribution is 2.09. The maximum absolute atomic E-state index is 6.06. The van der Waals surface area contributed by atoms with Crippen LogP contribution in [0.3, 0.4) is 0 Å². The fourth-order valence-electron chi connectivity index (χ4n) is 1.61. The Morgan fingerprint density at radius 1 is 1.44 bits per heavy atom. The average Bonchev–Trinajstić information content (AvgIpc) is 2.66. The van der Waals surface area contributed by atoms with Crippen LogP contribution in [-0.2, 0) is 11.2 Å². The van der Waals surface area contributed by atoms with E-state index in [1.165, 1.54) is 0 Å². The molecule has 0 amide bonds. The van der Waals surface area contributed by atoms with Crippen LogP contribution in [0.1, 0.15) is 39.6 Å². The third-order valence-electron chi connectivity index (χ3n) is 2.59. The van der Waals surface area contributed by atoms with Crippen LogP contribution < -0.4 is 5.73 Å². The molecule has 2 unspecified atom stereocenters. The van der Waals surface area contributed by atoms with Crippen molar-refractivity contribution in [2.45, 2.75) is 52.3 Å². The molecule has 5 heteroatoms. The highest BCUT2D eigenvalue weighted by atomic mass is 16.5. The normalized spacial score (nSPS) is 15.4. The topological polar surface area (TPSA) is 66.0 Å². The van der Waals surface area contributed by atoms with E-state index < -0.39 is 0 Å². The molecule has 1 rings (SSSR count). The molecule has 0 spiro atoms. The summed E-state index contributed by atoms with van der Waals surface area (Å²) in [6.07, 6.45) is 2.31. The summed E-state index contributed by atoms with van der Waals surface area (Å²) in [4.78, 5) is 4.24. The van der Waals surface area contributed by atoms with Gasteiger partial charge in [0.05, 0.1) is 6.10 Å². The first-order valence-corrected chi connectivity index (χ1v) is 5.81. The minimum atomic E-state index is -0.0401. The Kier molecular flexibility index (Phi) is 4.89. The van der Waals surface area contributed by atoms with Crippen LogP contribution in [0.25, 0.3) is 0 Å². The average molecular weight is 226 g/mol. The van der Waals surface area contributed by atoms with Crippen LogP contribution in [0.5, 0.6) is 0 Å². The zero-order valence-electron chi connectivity index (χ0n) is 10.6. The second-order valence-corrected chi connectivity index (χ2v) is 4.24. The van der Waals surface area contributed by atoms with Crippen molar-refractivity contribution in [3.63, 3.8) is 0 Å². The fraction of sp³-hybridized carbons (Fsp3) is 0.818. The first-order valence-electron chi connectivity index (χ1n) is 5.81. The van der Waals surface area contributed by atoms with Crippen LogP contribution in [0.2, 0.25) is 0 Å². The Hall–Kier alpha value is -0.940. The number of nitrogens with two attached hydrogens (primary N) is 1. The predicted octanol–water partition coefficient (Wildman–Crippen LogP) is 1.15. The van der Waals surface area contributed by atoms with Gasteiger partial charge in [-0.15, -0.1) is 0 Å². The van der Waals surface area contributed by atoms with Crippen molar-refractivity contribution in [1.29, 1.82) is 0 Å². The number of ether oxygens (including phenoxy) is 1. The van der Waals surface area contributed by atoms with E-state index >= 15 is 0 Å². The number of rotatable bonds is 6. The van der Waals surface area contributed by atoms with Gasteiger partial charge in [-0.1, -0.05) is 0 Å². The molecule has 1 heterocycles. The van der Waals surface area contributed by atoms with E-state index in [9.17, 15) is 0 Å². The van der Waals surface area contributed by atoms with Gasteiger partial charge in [0.2, 0.25) is 0 Å². The van der Waals surface area contributed by atoms with Gasteiger partial charge >= 0.3 is 0 Å². The van der Waals surface area contributed by atoms with Gasteiger partial charge in [0.15, 0.2) is 0 Å². The minimum absolute atomic E-state index is 0.0401. The van der Waals surface area contributed by atoms with Gasteiger partial charge in [0.25, 0.3) is 0 Å². The molecule has 2 N–H and O–H groups in total. The van der Waals surface area contributed by atoms with Crippen LogP contribution >= 0.6 is 0 Å². The highest BCUT2D eigenvalue weighted by Gasteiger charge is 2.17. The van der Waals surface area contributed by atoms with Crippen molar-refractivity contribution in [2.24, 2.45) is 5.73 Å². The molecule has 1 aromatic heterocycles. The molecule has 1 aromatic rings. The number of aromatic nitrogens is 3. The van der Waals surface area contributed by atoms with Crippen molar-refractivity contribution >= 4 is 0 Å². The van der Waals surface area contributed by atoms with Gasteiger partial charge in [-0.3, -0.25) is 0 Å². The molecule has 0 saturated carbocycles. The fourth-order valence-corrected chi connectivity index (χ4v) is 1.61. The molecular weight excluding hydrogens is 204 g/mol. The molecule has 0 bridgehead atoms. The monoisotopic (exact) mass is 226 g/mol. The first kappa shape index (κ1) is 13.1. The Balaban J connectivity index is 2.62. The maximum atomic E-state index is 6.06. The Morgan fingerprint density at radius 2 is 2.12 bits per heavy atom. The molecule has 0 aromatic carbocycles. The van der Waals surface area contributed by atoms with Crippen LogP contribution in [0.15, 0.2) is 6.33 Å². The number of hydrogen-bond donors (Lipinski definition) is 1. The van der Waals surface area contributed by atoms with Crippen molar-refractivity contribution in [1.82, 2.24) is 14.8 Å². The summed E-state index contributed by atoms with van der Waals surface area (Å²) in [7, 11) is 0. The van der Waals surface area contributed by atoms with E-state index in [4.69, 9.17) is 10.5 Å². The summed E-state index contributed by atoms with van der Waals surface area (Å²) < 4.78 is 7.37. The lowest BCUT2D eigenvalue weighted by atomic mass is 10.1. The van der Waals surface area contributed by atoms with Gasteiger partial charge in [-0.25, -0.2) is 9.67 Å². The third kappa shape index (κ3) is 3.28. The minimum Gasteiger partial charge on any atom is -0.377 e. The largest absolute Gasteiger partial charge is 0.377 e. The summed E-state index contributed by atoms with van der Waals surface area (Å²) in [6, 6.07) is 0.272. The molecule has 0 saturated heterocycles. The summed E-state index contributed by atoms with van der Waals surface area (Å²) >= 11 is 0. The zero-order valence-corrected chi connectivity index (χ0v) is 10.6. The summed E-state index contributed by atoms with van der Waals surface area (Å²) in [5.41, 5.74) is 6.06. The van der Waals surface area contributed by atoms with E-state index in [1.54, 1.807) is 6.33 Å². The van der Waals surface area contributed by atoms with Crippen molar-refractivity contribution in [3.05, 3.63) is 12.2 Å². The Labute approximate surface area is 97.0 Å². The second-order valence-electron chi connectivity index (χ2n) is 4.24. The van der Waals surface area contributed by atoms with E-state index in [0.717, 1.165) is 5.82 Å². The summed E-state index contributed by atoms with van der Waals surface area (Å²) in [5.74, 6) is 0.925. The molecule has 0 aliphatic carbocycles. The molecule has 0 aliphatic heterocycles. The maximum Gasteiger partial charge on any atom is 0.138 e. The number of hydrogen-bond acceptors (Lipinski definition) is 4. The molecular formula is C11H22N4O. The lowest BCUT2D eigenvalue weighted by molar-refractivity contribution is 0.0569. The van der Waals surface area contributed by atoms with Crippen LogP contribution in [-0.4, -0.2) is 33.5 Å². The first-order chi connectivity index (χ1) is 7.56. The van der Waals surface area contributed by atoms with Gasteiger partial charge in [0, 0.05) is 25.1 Å². The van der Waals surface area contributed by atoms with E-state index in [-0.39, 0.29) is 12.1 Å². The van der Waals surface area contributed by atoms with Gasteiger partial charge in [-0.05, 0) is 27.7 Å². The SMILES string of the molecule is CCOC(C)C(N)Cc1ncnn1C(C)C. The molecule has 0 fully saturated rings. The standard InChI is InChI=1S/C11H22N4O/c1-5-16-9(4)10(12)6-11-13-7-14-15(11)8(2)3/h7-10H,5-6,12H2,1-4H3. The smallest absolute Gasteiger partial charge is 0.138 e. The molecule has 5 nitrogen and oxygen atoms in total. The van der Waals surface area contributed by atoms with E-state index in [0.29, 0.717) is 19.1 Å². The lowest BCUT2D eigenvalue weighted by Crippen LogP contribution is -2.37. The van der Waals surface area contributed by atoms with Gasteiger partial charge < -0.3 is 10.5 Å². The second kappa shape index (κ2) is 5.96. The van der Waals surface area contributed by atoms with Crippen molar-refractivity contribution < 1.29 is 4.74 Å². The van der Waals surface area contributed by atoms with Crippen molar-refractivity contribution in [3.8, 4) is 0 Å². The molecule has 2 atom stereocenters. The molecule has 16 heavy (non-hydrogen) atoms. The summed E-state index contributed by atoms with van der Waals surface area (Å²) in [5, 5.41) is 4.18. The Morgan fingerprint density at radius 3 is 2.69 bits per heavy atom. The Bertz CT molecular complexity index is 311. The van der Waals surface area contributed by atoms with Crippen LogP contribution in [0.4, 0.5) is 0 Å². The van der Waals surface area contributed by atoms with E-state index in [2.05, 4.69) is 23.9 Å². The van der Waals surface area contributed by atoms with E-state index in [1.807, 2.05) is 18.5 Å². The summed E-state index contributed by atoms with van der Waals surface area (Å²) in [6.45, 7) is 8.81. The predicted molar refractivity (Wildman–Crippen MR) is 63.2 cm³/mol. The highest BCUT2D eigenvalue weighted by molar-refractivity contribution is 4.92. The molecule has 0 radical (unpaired) electrons. The number of nitrogens with zero attached hydrogens (tertiary/aromatic N) is 3. The molecule has 92 valence electrons. The zero-order chi connectivity index (χ0) is 12.1. The quantitative estimate of drug-likeness (QED) is 0.790. The van der Waals surface area contributed by atoms with Crippen molar-refractivity contribution in [2.75, 3.05) is 6.61 Å².